The molecule has 36 heavy (non-hydrogen) atoms. The summed E-state index contributed by atoms with van der Waals surface area (Å²) in [6.07, 6.45) is 2.51. The number of hydrogen-bond acceptors (Lipinski definition) is 7. The van der Waals surface area contributed by atoms with Crippen LogP contribution in [0.4, 0.5) is 4.79 Å². The van der Waals surface area contributed by atoms with Gasteiger partial charge >= 0.3 is 12.1 Å². The lowest BCUT2D eigenvalue weighted by atomic mass is 9.83. The van der Waals surface area contributed by atoms with Crippen molar-refractivity contribution >= 4 is 23.4 Å². The van der Waals surface area contributed by atoms with E-state index in [4.69, 9.17) is 9.47 Å². The van der Waals surface area contributed by atoms with Crippen molar-refractivity contribution in [2.45, 2.75) is 65.8 Å². The summed E-state index contributed by atoms with van der Waals surface area (Å²) in [5.41, 5.74) is 4.87. The predicted molar refractivity (Wildman–Crippen MR) is 141 cm³/mol. The number of aromatic nitrogens is 1. The van der Waals surface area contributed by atoms with E-state index in [2.05, 4.69) is 30.2 Å². The van der Waals surface area contributed by atoms with Crippen molar-refractivity contribution in [1.29, 1.82) is 0 Å². The second-order valence-corrected chi connectivity index (χ2v) is 10.8. The molecule has 0 aromatic carbocycles. The summed E-state index contributed by atoms with van der Waals surface area (Å²) in [6, 6.07) is 2.06. The SMILES string of the molecule is COC(=O)c1c(CCCNCc2c(C)cc(C)nc2OC)sc(C(C)C2CCN(C(=O)O)CC2)c1C. The zero-order valence-electron chi connectivity index (χ0n) is 22.3. The zero-order valence-corrected chi connectivity index (χ0v) is 23.1. The number of likely N-dealkylation sites (tertiary alicyclic amines) is 1. The van der Waals surface area contributed by atoms with Gasteiger partial charge in [-0.3, -0.25) is 0 Å². The second-order valence-electron chi connectivity index (χ2n) is 9.63. The van der Waals surface area contributed by atoms with Crippen LogP contribution < -0.4 is 10.1 Å². The van der Waals surface area contributed by atoms with E-state index in [9.17, 15) is 14.7 Å². The van der Waals surface area contributed by atoms with E-state index >= 15 is 0 Å². The van der Waals surface area contributed by atoms with Gasteiger partial charge in [-0.05, 0) is 82.0 Å². The molecule has 0 spiro atoms. The third kappa shape index (κ3) is 6.37. The number of methoxy groups -OCH3 is 2. The van der Waals surface area contributed by atoms with Crippen LogP contribution in [0.1, 0.15) is 74.6 Å². The molecule has 1 unspecified atom stereocenters. The number of piperidine rings is 1. The minimum atomic E-state index is -0.843. The first kappa shape index (κ1) is 27.9. The number of nitrogens with zero attached hydrogens (tertiary/aromatic N) is 2. The number of carbonyl (C=O) groups is 2. The van der Waals surface area contributed by atoms with Crippen molar-refractivity contribution in [3.8, 4) is 5.88 Å². The van der Waals surface area contributed by atoms with Crippen LogP contribution in [-0.2, 0) is 17.7 Å². The number of rotatable bonds is 10. The molecule has 2 aromatic rings. The Morgan fingerprint density at radius 3 is 2.56 bits per heavy atom. The molecule has 1 aliphatic heterocycles. The molecule has 0 saturated carbocycles. The summed E-state index contributed by atoms with van der Waals surface area (Å²) >= 11 is 1.71. The number of esters is 1. The molecule has 9 heteroatoms. The normalized spacial score (nSPS) is 15.1. The summed E-state index contributed by atoms with van der Waals surface area (Å²) < 4.78 is 10.6. The molecule has 0 aliphatic carbocycles. The molecule has 1 saturated heterocycles. The van der Waals surface area contributed by atoms with E-state index in [1.165, 1.54) is 16.9 Å². The molecule has 3 rings (SSSR count). The highest BCUT2D eigenvalue weighted by Gasteiger charge is 2.31. The number of pyridine rings is 1. The van der Waals surface area contributed by atoms with Crippen LogP contribution in [0.25, 0.3) is 0 Å². The highest BCUT2D eigenvalue weighted by Crippen LogP contribution is 2.41. The summed E-state index contributed by atoms with van der Waals surface area (Å²) in [5.74, 6) is 1.05. The lowest BCUT2D eigenvalue weighted by molar-refractivity contribution is 0.0599. The van der Waals surface area contributed by atoms with E-state index in [-0.39, 0.29) is 11.9 Å². The van der Waals surface area contributed by atoms with Crippen LogP contribution in [0.5, 0.6) is 5.88 Å². The fourth-order valence-electron chi connectivity index (χ4n) is 5.18. The fraction of sp³-hybridized carbons (Fsp3) is 0.593. The molecule has 1 aliphatic rings. The second kappa shape index (κ2) is 12.5. The Kier molecular flexibility index (Phi) is 9.73. The lowest BCUT2D eigenvalue weighted by Crippen LogP contribution is -2.38. The Bertz CT molecular complexity index is 1080. The minimum Gasteiger partial charge on any atom is -0.481 e. The highest BCUT2D eigenvalue weighted by molar-refractivity contribution is 7.12. The Balaban J connectivity index is 1.65. The highest BCUT2D eigenvalue weighted by atomic mass is 32.1. The van der Waals surface area contributed by atoms with Gasteiger partial charge in [0.25, 0.3) is 0 Å². The van der Waals surface area contributed by atoms with Gasteiger partial charge in [-0.25, -0.2) is 14.6 Å². The summed E-state index contributed by atoms with van der Waals surface area (Å²) in [5, 5.41) is 12.7. The summed E-state index contributed by atoms with van der Waals surface area (Å²) in [4.78, 5) is 32.2. The van der Waals surface area contributed by atoms with E-state index < -0.39 is 6.09 Å². The molecule has 0 radical (unpaired) electrons. The monoisotopic (exact) mass is 517 g/mol. The fourth-order valence-corrected chi connectivity index (χ4v) is 6.66. The van der Waals surface area contributed by atoms with E-state index in [1.54, 1.807) is 18.4 Å². The van der Waals surface area contributed by atoms with Gasteiger partial charge in [-0.1, -0.05) is 6.92 Å². The third-order valence-corrected chi connectivity index (χ3v) is 8.82. The summed E-state index contributed by atoms with van der Waals surface area (Å²) in [6.45, 7) is 10.9. The predicted octanol–water partition coefficient (Wildman–Crippen LogP) is 5.08. The maximum absolute atomic E-state index is 12.7. The number of carboxylic acid groups (broad SMARTS) is 1. The maximum atomic E-state index is 12.7. The Hall–Kier alpha value is -2.65. The van der Waals surface area contributed by atoms with Crippen LogP contribution in [-0.4, -0.2) is 60.9 Å². The molecule has 1 fully saturated rings. The Morgan fingerprint density at radius 1 is 1.25 bits per heavy atom. The average Bonchev–Trinajstić information content (AvgIpc) is 3.19. The smallest absolute Gasteiger partial charge is 0.407 e. The zero-order chi connectivity index (χ0) is 26.4. The van der Waals surface area contributed by atoms with Gasteiger partial charge in [0.05, 0.1) is 19.8 Å². The number of ether oxygens (including phenoxy) is 2. The molecule has 0 bridgehead atoms. The number of carbonyl (C=O) groups excluding carboxylic acids is 1. The van der Waals surface area contributed by atoms with Gasteiger partial charge in [-0.2, -0.15) is 0 Å². The molecule has 3 heterocycles. The first-order valence-electron chi connectivity index (χ1n) is 12.6. The Labute approximate surface area is 218 Å². The van der Waals surface area contributed by atoms with Crippen LogP contribution in [0.2, 0.25) is 0 Å². The first-order chi connectivity index (χ1) is 17.2. The van der Waals surface area contributed by atoms with Gasteiger partial charge in [-0.15, -0.1) is 11.3 Å². The van der Waals surface area contributed by atoms with Gasteiger partial charge < -0.3 is 24.8 Å². The van der Waals surface area contributed by atoms with Crippen molar-refractivity contribution in [3.63, 3.8) is 0 Å². The van der Waals surface area contributed by atoms with Crippen LogP contribution in [0.3, 0.4) is 0 Å². The van der Waals surface area contributed by atoms with Crippen molar-refractivity contribution in [1.82, 2.24) is 15.2 Å². The van der Waals surface area contributed by atoms with Gasteiger partial charge in [0.2, 0.25) is 5.88 Å². The largest absolute Gasteiger partial charge is 0.481 e. The van der Waals surface area contributed by atoms with Crippen LogP contribution >= 0.6 is 11.3 Å². The van der Waals surface area contributed by atoms with Crippen molar-refractivity contribution in [2.24, 2.45) is 5.92 Å². The van der Waals surface area contributed by atoms with Crippen LogP contribution in [0.15, 0.2) is 6.07 Å². The number of amides is 1. The molecule has 1 atom stereocenters. The minimum absolute atomic E-state index is 0.269. The van der Waals surface area contributed by atoms with Crippen LogP contribution in [0, 0.1) is 26.7 Å². The van der Waals surface area contributed by atoms with E-state index in [1.807, 2.05) is 13.8 Å². The van der Waals surface area contributed by atoms with Gasteiger partial charge in [0.15, 0.2) is 0 Å². The molecule has 2 aromatic heterocycles. The molecule has 2 N–H and O–H groups in total. The molecular formula is C27H39N3O5S. The average molecular weight is 518 g/mol. The Morgan fingerprint density at radius 2 is 1.94 bits per heavy atom. The van der Waals surface area contributed by atoms with Crippen molar-refractivity contribution in [3.05, 3.63) is 43.8 Å². The number of hydrogen-bond donors (Lipinski definition) is 2. The molecule has 8 nitrogen and oxygen atoms in total. The van der Waals surface area contributed by atoms with E-state index in [0.29, 0.717) is 37.0 Å². The lowest BCUT2D eigenvalue weighted by Gasteiger charge is -2.33. The van der Waals surface area contributed by atoms with Gasteiger partial charge in [0, 0.05) is 40.6 Å². The third-order valence-electron chi connectivity index (χ3n) is 7.27. The molecule has 198 valence electrons. The van der Waals surface area contributed by atoms with Gasteiger partial charge in [0.1, 0.15) is 0 Å². The van der Waals surface area contributed by atoms with Crippen molar-refractivity contribution < 1.29 is 24.2 Å². The quantitative estimate of drug-likeness (QED) is 0.335. The molecular weight excluding hydrogens is 478 g/mol. The standard InChI is InChI=1S/C27H39N3O5S/c1-16-14-17(2)29-25(34-5)21(16)15-28-11-7-8-22-23(26(31)35-6)19(4)24(36-22)18(3)20-9-12-30(13-10-20)27(32)33/h14,18,20,28H,7-13,15H2,1-6H3,(H,32,33). The maximum Gasteiger partial charge on any atom is 0.407 e. The summed E-state index contributed by atoms with van der Waals surface area (Å²) in [7, 11) is 3.08. The molecule has 1 amide bonds. The topological polar surface area (TPSA) is 101 Å². The number of thiophene rings is 1. The van der Waals surface area contributed by atoms with E-state index in [0.717, 1.165) is 59.5 Å². The number of aryl methyl sites for hydroxylation is 3. The first-order valence-corrected chi connectivity index (χ1v) is 13.4. The number of nitrogens with one attached hydrogen (secondary N) is 1. The van der Waals surface area contributed by atoms with Crippen molar-refractivity contribution in [2.75, 3.05) is 33.9 Å².